The molecule has 0 fully saturated rings. The van der Waals surface area contributed by atoms with Gasteiger partial charge in [-0.25, -0.2) is 4.98 Å². The molecule has 0 amide bonds. The number of aromatic nitrogens is 4. The number of fused-ring (bicyclic) bond motifs is 1. The van der Waals surface area contributed by atoms with Gasteiger partial charge < -0.3 is 9.47 Å². The van der Waals surface area contributed by atoms with Gasteiger partial charge in [-0.15, -0.1) is 0 Å². The minimum atomic E-state index is 0.510. The van der Waals surface area contributed by atoms with Gasteiger partial charge >= 0.3 is 0 Å². The van der Waals surface area contributed by atoms with Gasteiger partial charge in [0.25, 0.3) is 5.78 Å². The van der Waals surface area contributed by atoms with Crippen LogP contribution in [0.4, 0.5) is 0 Å². The van der Waals surface area contributed by atoms with Crippen LogP contribution in [0.2, 0.25) is 0 Å². The summed E-state index contributed by atoms with van der Waals surface area (Å²) in [6.45, 7) is 0.510. The molecule has 2 aromatic heterocycles. The van der Waals surface area contributed by atoms with E-state index in [4.69, 9.17) is 9.47 Å². The Morgan fingerprint density at radius 1 is 0.806 bits per heavy atom. The number of nitrogens with zero attached hydrogens (tertiary/aromatic N) is 4. The van der Waals surface area contributed by atoms with Gasteiger partial charge in [0.2, 0.25) is 0 Å². The molecule has 6 nitrogen and oxygen atoms in total. The van der Waals surface area contributed by atoms with Crippen LogP contribution in [-0.4, -0.2) is 26.7 Å². The fourth-order valence-corrected chi connectivity index (χ4v) is 3.41. The second kappa shape index (κ2) is 8.28. The summed E-state index contributed by atoms with van der Waals surface area (Å²) in [4.78, 5) is 8.97. The Morgan fingerprint density at radius 3 is 2.45 bits per heavy atom. The normalized spacial score (nSPS) is 10.9. The lowest BCUT2D eigenvalue weighted by Gasteiger charge is -2.11. The van der Waals surface area contributed by atoms with Crippen molar-refractivity contribution < 1.29 is 9.47 Å². The Bertz CT molecular complexity index is 1310. The molecule has 0 aliphatic carbocycles. The second-order valence-corrected chi connectivity index (χ2v) is 7.03. The van der Waals surface area contributed by atoms with Crippen molar-refractivity contribution in [1.29, 1.82) is 0 Å². The Hall–Kier alpha value is -4.19. The number of ether oxygens (including phenoxy) is 2. The summed E-state index contributed by atoms with van der Waals surface area (Å²) in [6, 6.07) is 27.9. The molecule has 0 aliphatic rings. The Morgan fingerprint density at radius 2 is 1.65 bits per heavy atom. The third kappa shape index (κ3) is 3.96. The molecule has 0 spiro atoms. The minimum Gasteiger partial charge on any atom is -0.497 e. The summed E-state index contributed by atoms with van der Waals surface area (Å²) >= 11 is 0. The lowest BCUT2D eigenvalue weighted by molar-refractivity contribution is 0.306. The molecule has 0 bridgehead atoms. The zero-order valence-electron chi connectivity index (χ0n) is 17.0. The van der Waals surface area contributed by atoms with E-state index in [-0.39, 0.29) is 0 Å². The maximum Gasteiger partial charge on any atom is 0.253 e. The largest absolute Gasteiger partial charge is 0.497 e. The van der Waals surface area contributed by atoms with Crippen molar-refractivity contribution in [1.82, 2.24) is 19.6 Å². The number of hydrogen-bond donors (Lipinski definition) is 0. The minimum absolute atomic E-state index is 0.510. The summed E-state index contributed by atoms with van der Waals surface area (Å²) < 4.78 is 13.0. The van der Waals surface area contributed by atoms with E-state index < -0.39 is 0 Å². The lowest BCUT2D eigenvalue weighted by atomic mass is 10.1. The number of methoxy groups -OCH3 is 1. The van der Waals surface area contributed by atoms with Crippen LogP contribution in [0.25, 0.3) is 28.3 Å². The molecule has 0 saturated carbocycles. The summed E-state index contributed by atoms with van der Waals surface area (Å²) in [5.41, 5.74) is 4.77. The molecular weight excluding hydrogens is 388 g/mol. The molecule has 0 saturated heterocycles. The third-order valence-electron chi connectivity index (χ3n) is 5.02. The van der Waals surface area contributed by atoms with E-state index >= 15 is 0 Å². The Labute approximate surface area is 179 Å². The van der Waals surface area contributed by atoms with Crippen molar-refractivity contribution in [3.8, 4) is 34.0 Å². The van der Waals surface area contributed by atoms with E-state index in [1.807, 2.05) is 84.9 Å². The first kappa shape index (κ1) is 18.8. The highest BCUT2D eigenvalue weighted by Gasteiger charge is 2.12. The Balaban J connectivity index is 1.51. The van der Waals surface area contributed by atoms with Crippen molar-refractivity contribution in [3.05, 3.63) is 96.8 Å². The third-order valence-corrected chi connectivity index (χ3v) is 5.02. The monoisotopic (exact) mass is 408 g/mol. The van der Waals surface area contributed by atoms with E-state index in [9.17, 15) is 0 Å². The number of hydrogen-bond acceptors (Lipinski definition) is 5. The van der Waals surface area contributed by atoms with Gasteiger partial charge in [-0.05, 0) is 48.0 Å². The van der Waals surface area contributed by atoms with Crippen LogP contribution in [0.15, 0.2) is 91.3 Å². The average molecular weight is 408 g/mol. The van der Waals surface area contributed by atoms with Crippen molar-refractivity contribution in [2.75, 3.05) is 7.11 Å². The van der Waals surface area contributed by atoms with E-state index in [1.54, 1.807) is 11.6 Å². The highest BCUT2D eigenvalue weighted by Crippen LogP contribution is 2.29. The molecule has 3 aromatic carbocycles. The van der Waals surface area contributed by atoms with Gasteiger partial charge in [-0.1, -0.05) is 42.5 Å². The first-order valence-electron chi connectivity index (χ1n) is 9.92. The first-order chi connectivity index (χ1) is 15.3. The van der Waals surface area contributed by atoms with Crippen molar-refractivity contribution in [2.45, 2.75) is 6.61 Å². The van der Waals surface area contributed by atoms with Gasteiger partial charge in [-0.3, -0.25) is 0 Å². The molecule has 0 aliphatic heterocycles. The fourth-order valence-electron chi connectivity index (χ4n) is 3.41. The molecule has 31 heavy (non-hydrogen) atoms. The van der Waals surface area contributed by atoms with Crippen molar-refractivity contribution >= 4 is 5.78 Å². The fraction of sp³-hybridized carbons (Fsp3) is 0.0800. The predicted molar refractivity (Wildman–Crippen MR) is 119 cm³/mol. The maximum absolute atomic E-state index is 6.01. The lowest BCUT2D eigenvalue weighted by Crippen LogP contribution is -2.00. The van der Waals surface area contributed by atoms with Gasteiger partial charge in [0.1, 0.15) is 24.4 Å². The quantitative estimate of drug-likeness (QED) is 0.394. The standard InChI is InChI=1S/C25H20N4O2/c1-30-21-12-10-19(11-13-21)23-15-24(29-25(28-23)26-17-27-29)20-8-5-9-22(14-20)31-16-18-6-3-2-4-7-18/h2-15,17H,16H2,1H3. The van der Waals surface area contributed by atoms with Crippen LogP contribution in [0.1, 0.15) is 5.56 Å². The van der Waals surface area contributed by atoms with Crippen LogP contribution in [0, 0.1) is 0 Å². The van der Waals surface area contributed by atoms with Gasteiger partial charge in [-0.2, -0.15) is 14.6 Å². The smallest absolute Gasteiger partial charge is 0.253 e. The molecule has 5 aromatic rings. The summed E-state index contributed by atoms with van der Waals surface area (Å²) in [7, 11) is 1.65. The van der Waals surface area contributed by atoms with Crippen molar-refractivity contribution in [3.63, 3.8) is 0 Å². The van der Waals surface area contributed by atoms with E-state index in [2.05, 4.69) is 15.1 Å². The molecule has 5 rings (SSSR count). The van der Waals surface area contributed by atoms with Gasteiger partial charge in [0.15, 0.2) is 0 Å². The van der Waals surface area contributed by atoms with Crippen LogP contribution in [0.3, 0.4) is 0 Å². The van der Waals surface area contributed by atoms with Crippen LogP contribution in [-0.2, 0) is 6.61 Å². The van der Waals surface area contributed by atoms with E-state index in [1.165, 1.54) is 6.33 Å². The molecule has 6 heteroatoms. The topological polar surface area (TPSA) is 61.5 Å². The zero-order chi connectivity index (χ0) is 21.0. The predicted octanol–water partition coefficient (Wildman–Crippen LogP) is 5.05. The summed E-state index contributed by atoms with van der Waals surface area (Å²) in [5, 5.41) is 4.36. The van der Waals surface area contributed by atoms with Gasteiger partial charge in [0.05, 0.1) is 18.5 Å². The molecule has 0 radical (unpaired) electrons. The second-order valence-electron chi connectivity index (χ2n) is 7.03. The van der Waals surface area contributed by atoms with Crippen LogP contribution >= 0.6 is 0 Å². The van der Waals surface area contributed by atoms with Crippen LogP contribution in [0.5, 0.6) is 11.5 Å². The molecule has 0 unspecified atom stereocenters. The average Bonchev–Trinajstić information content (AvgIpc) is 3.32. The zero-order valence-corrected chi connectivity index (χ0v) is 17.0. The highest BCUT2D eigenvalue weighted by molar-refractivity contribution is 5.71. The van der Waals surface area contributed by atoms with Crippen molar-refractivity contribution in [2.24, 2.45) is 0 Å². The number of rotatable bonds is 6. The van der Waals surface area contributed by atoms with Crippen LogP contribution < -0.4 is 9.47 Å². The SMILES string of the molecule is COc1ccc(-c2cc(-c3cccc(OCc4ccccc4)c3)n3ncnc3n2)cc1. The summed E-state index contributed by atoms with van der Waals surface area (Å²) in [6.07, 6.45) is 1.51. The number of benzene rings is 3. The van der Waals surface area contributed by atoms with Gasteiger partial charge in [0, 0.05) is 11.1 Å². The maximum atomic E-state index is 6.01. The Kier molecular flexibility index (Phi) is 5.02. The molecule has 0 atom stereocenters. The van der Waals surface area contributed by atoms with E-state index in [0.717, 1.165) is 39.6 Å². The first-order valence-corrected chi connectivity index (χ1v) is 9.92. The molecular formula is C25H20N4O2. The highest BCUT2D eigenvalue weighted by atomic mass is 16.5. The summed E-state index contributed by atoms with van der Waals surface area (Å²) in [5.74, 6) is 2.13. The molecule has 2 heterocycles. The molecule has 0 N–H and O–H groups in total. The molecule has 152 valence electrons. The van der Waals surface area contributed by atoms with E-state index in [0.29, 0.717) is 12.4 Å².